The van der Waals surface area contributed by atoms with Crippen LogP contribution in [-0.4, -0.2) is 49.1 Å². The van der Waals surface area contributed by atoms with Gasteiger partial charge in [-0.15, -0.1) is 0 Å². The van der Waals surface area contributed by atoms with Gasteiger partial charge in [-0.2, -0.15) is 0 Å². The number of carbonyl (C=O) groups excluding carboxylic acids is 2. The van der Waals surface area contributed by atoms with E-state index in [1.807, 2.05) is 12.2 Å². The number of nitrogens with zero attached hydrogens (tertiary/aromatic N) is 1. The molecule has 0 aliphatic carbocycles. The number of ether oxygens (including phenoxy) is 1. The highest BCUT2D eigenvalue weighted by molar-refractivity contribution is 5.94. The van der Waals surface area contributed by atoms with Crippen LogP contribution >= 0.6 is 0 Å². The van der Waals surface area contributed by atoms with Gasteiger partial charge in [-0.3, -0.25) is 9.59 Å². The lowest BCUT2D eigenvalue weighted by Gasteiger charge is -2.37. The molecule has 1 unspecified atom stereocenters. The fraction of sp³-hybridized carbons (Fsp3) is 0.714. The van der Waals surface area contributed by atoms with Crippen LogP contribution < -0.4 is 5.32 Å². The van der Waals surface area contributed by atoms with Gasteiger partial charge in [-0.25, -0.2) is 0 Å². The average Bonchev–Trinajstić information content (AvgIpc) is 2.73. The molecule has 5 nitrogen and oxygen atoms in total. The third kappa shape index (κ3) is 3.56. The summed E-state index contributed by atoms with van der Waals surface area (Å²) in [7, 11) is 1.59. The Kier molecular flexibility index (Phi) is 5.54. The quantitative estimate of drug-likeness (QED) is 0.576. The molecule has 0 saturated carbocycles. The lowest BCUT2D eigenvalue weighted by molar-refractivity contribution is -0.142. The van der Waals surface area contributed by atoms with Crippen molar-refractivity contribution in [2.45, 2.75) is 32.7 Å². The molecule has 0 fully saturated rings. The van der Waals surface area contributed by atoms with Crippen LogP contribution in [0.2, 0.25) is 0 Å². The second-order valence-corrected chi connectivity index (χ2v) is 5.30. The lowest BCUT2D eigenvalue weighted by Crippen LogP contribution is -2.58. The summed E-state index contributed by atoms with van der Waals surface area (Å²) in [6.07, 6.45) is 4.37. The first-order valence-electron chi connectivity index (χ1n) is 6.67. The maximum atomic E-state index is 12.5. The fourth-order valence-electron chi connectivity index (χ4n) is 2.53. The second-order valence-electron chi connectivity index (χ2n) is 5.30. The predicted octanol–water partition coefficient (Wildman–Crippen LogP) is 0.952. The van der Waals surface area contributed by atoms with E-state index < -0.39 is 5.54 Å². The minimum Gasteiger partial charge on any atom is -0.383 e. The highest BCUT2D eigenvalue weighted by atomic mass is 16.5. The molecule has 19 heavy (non-hydrogen) atoms. The van der Waals surface area contributed by atoms with Gasteiger partial charge < -0.3 is 15.0 Å². The molecule has 108 valence electrons. The van der Waals surface area contributed by atoms with E-state index in [4.69, 9.17) is 4.74 Å². The van der Waals surface area contributed by atoms with E-state index in [1.165, 1.54) is 6.92 Å². The first-order chi connectivity index (χ1) is 8.94. The molecule has 1 N–H and O–H groups in total. The molecule has 0 aromatic carbocycles. The fourth-order valence-corrected chi connectivity index (χ4v) is 2.53. The summed E-state index contributed by atoms with van der Waals surface area (Å²) in [6.45, 7) is 7.02. The van der Waals surface area contributed by atoms with Crippen LogP contribution in [0, 0.1) is 5.92 Å². The Morgan fingerprint density at radius 2 is 2.16 bits per heavy atom. The maximum Gasteiger partial charge on any atom is 0.250 e. The Hall–Kier alpha value is -1.36. The van der Waals surface area contributed by atoms with Gasteiger partial charge in [0.25, 0.3) is 0 Å². The van der Waals surface area contributed by atoms with Crippen molar-refractivity contribution < 1.29 is 14.3 Å². The average molecular weight is 268 g/mol. The Labute approximate surface area is 115 Å². The van der Waals surface area contributed by atoms with E-state index in [0.717, 1.165) is 0 Å². The van der Waals surface area contributed by atoms with E-state index in [-0.39, 0.29) is 11.8 Å². The number of nitrogens with one attached hydrogen (secondary N) is 1. The molecule has 1 atom stereocenters. The van der Waals surface area contributed by atoms with E-state index in [0.29, 0.717) is 32.0 Å². The van der Waals surface area contributed by atoms with Gasteiger partial charge in [-0.05, 0) is 12.3 Å². The van der Waals surface area contributed by atoms with Crippen molar-refractivity contribution >= 4 is 11.8 Å². The lowest BCUT2D eigenvalue weighted by atomic mass is 9.87. The predicted molar refractivity (Wildman–Crippen MR) is 73.6 cm³/mol. The minimum atomic E-state index is -0.840. The summed E-state index contributed by atoms with van der Waals surface area (Å²) < 4.78 is 4.93. The van der Waals surface area contributed by atoms with Crippen LogP contribution in [-0.2, 0) is 14.3 Å². The summed E-state index contributed by atoms with van der Waals surface area (Å²) in [5.41, 5.74) is -0.840. The largest absolute Gasteiger partial charge is 0.383 e. The van der Waals surface area contributed by atoms with E-state index in [2.05, 4.69) is 19.2 Å². The van der Waals surface area contributed by atoms with Gasteiger partial charge in [0.2, 0.25) is 11.8 Å². The van der Waals surface area contributed by atoms with Crippen molar-refractivity contribution in [1.29, 1.82) is 0 Å². The zero-order valence-electron chi connectivity index (χ0n) is 12.2. The number of amides is 2. The van der Waals surface area contributed by atoms with Crippen molar-refractivity contribution in [2.24, 2.45) is 5.92 Å². The second kappa shape index (κ2) is 6.70. The molecule has 2 amide bonds. The van der Waals surface area contributed by atoms with Crippen molar-refractivity contribution in [1.82, 2.24) is 10.2 Å². The van der Waals surface area contributed by atoms with Gasteiger partial charge >= 0.3 is 0 Å². The summed E-state index contributed by atoms with van der Waals surface area (Å²) in [5.74, 6) is 0.118. The Morgan fingerprint density at radius 1 is 1.47 bits per heavy atom. The van der Waals surface area contributed by atoms with Gasteiger partial charge in [0, 0.05) is 27.1 Å². The van der Waals surface area contributed by atoms with Gasteiger partial charge in [0.15, 0.2) is 0 Å². The number of rotatable bonds is 6. The standard InChI is InChI=1S/C14H24N2O3/c1-11(2)10-14(13(18)15-7-9-19-4)6-5-8-16(14)12(3)17/h5-6,11H,7-10H2,1-4H3,(H,15,18). The Balaban J connectivity index is 2.89. The van der Waals surface area contributed by atoms with Gasteiger partial charge in [0.1, 0.15) is 5.54 Å². The van der Waals surface area contributed by atoms with Crippen molar-refractivity contribution in [3.05, 3.63) is 12.2 Å². The molecule has 1 aliphatic rings. The first-order valence-corrected chi connectivity index (χ1v) is 6.67. The molecule has 0 aromatic rings. The van der Waals surface area contributed by atoms with Crippen LogP contribution in [0.4, 0.5) is 0 Å². The SMILES string of the molecule is COCCNC(=O)C1(CC(C)C)C=CCN1C(C)=O. The van der Waals surface area contributed by atoms with Crippen molar-refractivity contribution in [2.75, 3.05) is 26.8 Å². The number of hydrogen-bond donors (Lipinski definition) is 1. The monoisotopic (exact) mass is 268 g/mol. The molecular formula is C14H24N2O3. The molecule has 0 radical (unpaired) electrons. The molecule has 0 spiro atoms. The van der Waals surface area contributed by atoms with Crippen LogP contribution in [0.15, 0.2) is 12.2 Å². The topological polar surface area (TPSA) is 58.6 Å². The molecular weight excluding hydrogens is 244 g/mol. The smallest absolute Gasteiger partial charge is 0.250 e. The van der Waals surface area contributed by atoms with Crippen molar-refractivity contribution in [3.8, 4) is 0 Å². The zero-order chi connectivity index (χ0) is 14.5. The van der Waals surface area contributed by atoms with E-state index in [9.17, 15) is 9.59 Å². The number of carbonyl (C=O) groups is 2. The van der Waals surface area contributed by atoms with Crippen LogP contribution in [0.1, 0.15) is 27.2 Å². The third-order valence-corrected chi connectivity index (χ3v) is 3.25. The number of hydrogen-bond acceptors (Lipinski definition) is 3. The van der Waals surface area contributed by atoms with Crippen LogP contribution in [0.3, 0.4) is 0 Å². The first kappa shape index (κ1) is 15.7. The summed E-state index contributed by atoms with van der Waals surface area (Å²) in [6, 6.07) is 0. The minimum absolute atomic E-state index is 0.0764. The Morgan fingerprint density at radius 3 is 2.68 bits per heavy atom. The molecule has 0 bridgehead atoms. The molecule has 1 rings (SSSR count). The van der Waals surface area contributed by atoms with Gasteiger partial charge in [-0.1, -0.05) is 26.0 Å². The van der Waals surface area contributed by atoms with Crippen LogP contribution in [0.5, 0.6) is 0 Å². The third-order valence-electron chi connectivity index (χ3n) is 3.25. The summed E-state index contributed by atoms with van der Waals surface area (Å²) in [4.78, 5) is 25.9. The summed E-state index contributed by atoms with van der Waals surface area (Å²) >= 11 is 0. The highest BCUT2D eigenvalue weighted by Crippen LogP contribution is 2.30. The van der Waals surface area contributed by atoms with E-state index >= 15 is 0 Å². The molecule has 1 aliphatic heterocycles. The molecule has 0 aromatic heterocycles. The molecule has 1 heterocycles. The maximum absolute atomic E-state index is 12.5. The normalized spacial score (nSPS) is 22.1. The summed E-state index contributed by atoms with van der Waals surface area (Å²) in [5, 5.41) is 2.85. The number of methoxy groups -OCH3 is 1. The van der Waals surface area contributed by atoms with E-state index in [1.54, 1.807) is 12.0 Å². The molecule has 5 heteroatoms. The molecule has 0 saturated heterocycles. The Bertz CT molecular complexity index is 366. The van der Waals surface area contributed by atoms with Crippen LogP contribution in [0.25, 0.3) is 0 Å². The van der Waals surface area contributed by atoms with Crippen molar-refractivity contribution in [3.63, 3.8) is 0 Å². The zero-order valence-corrected chi connectivity index (χ0v) is 12.2. The highest BCUT2D eigenvalue weighted by Gasteiger charge is 2.45. The van der Waals surface area contributed by atoms with Gasteiger partial charge in [0.05, 0.1) is 6.61 Å².